The van der Waals surface area contributed by atoms with Gasteiger partial charge in [0.2, 0.25) is 0 Å². The molecule has 0 aliphatic carbocycles. The molecule has 0 saturated carbocycles. The molecule has 9 heteroatoms. The summed E-state index contributed by atoms with van der Waals surface area (Å²) in [5.74, 6) is 0.450. The standard InChI is InChI=1S/C11H17N5O4/c1-13-6-9(12)14-4-15-10(6)16(2)11-8(19)7(18)5(3-17)20-11/h4-5,7-8,11,17-19H,1,3H2,2H3,(H2,12,14,15)/t5-,7?,8?,11-/m1/s1. The number of nitrogens with two attached hydrogens (primary N) is 1. The molecule has 4 atom stereocenters. The van der Waals surface area contributed by atoms with E-state index >= 15 is 0 Å². The van der Waals surface area contributed by atoms with Gasteiger partial charge >= 0.3 is 0 Å². The number of aliphatic hydroxyl groups excluding tert-OH is 3. The van der Waals surface area contributed by atoms with Gasteiger partial charge in [-0.3, -0.25) is 4.99 Å². The highest BCUT2D eigenvalue weighted by Gasteiger charge is 2.45. The number of hydrogen-bond acceptors (Lipinski definition) is 9. The molecule has 0 spiro atoms. The number of hydrogen-bond donors (Lipinski definition) is 4. The molecule has 110 valence electrons. The molecule has 1 aliphatic heterocycles. The Labute approximate surface area is 115 Å². The van der Waals surface area contributed by atoms with Crippen molar-refractivity contribution in [2.75, 3.05) is 24.3 Å². The number of aliphatic imine (C=N–C) groups is 1. The van der Waals surface area contributed by atoms with Crippen LogP contribution in [0.25, 0.3) is 0 Å². The molecule has 2 heterocycles. The van der Waals surface area contributed by atoms with Gasteiger partial charge in [0.25, 0.3) is 0 Å². The summed E-state index contributed by atoms with van der Waals surface area (Å²) >= 11 is 0. The second kappa shape index (κ2) is 5.67. The first-order chi connectivity index (χ1) is 9.51. The Morgan fingerprint density at radius 3 is 2.70 bits per heavy atom. The van der Waals surface area contributed by atoms with E-state index in [1.165, 1.54) is 11.2 Å². The zero-order valence-corrected chi connectivity index (χ0v) is 10.9. The highest BCUT2D eigenvalue weighted by atomic mass is 16.6. The van der Waals surface area contributed by atoms with E-state index in [1.807, 2.05) is 0 Å². The van der Waals surface area contributed by atoms with Crippen molar-refractivity contribution >= 4 is 24.0 Å². The lowest BCUT2D eigenvalue weighted by atomic mass is 10.1. The lowest BCUT2D eigenvalue weighted by Crippen LogP contribution is -2.42. The molecule has 0 bridgehead atoms. The highest BCUT2D eigenvalue weighted by molar-refractivity contribution is 5.74. The largest absolute Gasteiger partial charge is 0.394 e. The summed E-state index contributed by atoms with van der Waals surface area (Å²) in [4.78, 5) is 13.0. The third kappa shape index (κ3) is 2.31. The molecule has 20 heavy (non-hydrogen) atoms. The zero-order chi connectivity index (χ0) is 14.9. The lowest BCUT2D eigenvalue weighted by molar-refractivity contribution is -0.0213. The van der Waals surface area contributed by atoms with E-state index < -0.39 is 31.1 Å². The van der Waals surface area contributed by atoms with E-state index in [-0.39, 0.29) is 11.5 Å². The quantitative estimate of drug-likeness (QED) is 0.478. The van der Waals surface area contributed by atoms with Crippen LogP contribution < -0.4 is 10.6 Å². The summed E-state index contributed by atoms with van der Waals surface area (Å²) in [5.41, 5.74) is 5.94. The fourth-order valence-electron chi connectivity index (χ4n) is 2.11. The van der Waals surface area contributed by atoms with Crippen molar-refractivity contribution < 1.29 is 20.1 Å². The van der Waals surface area contributed by atoms with Gasteiger partial charge in [-0.05, 0) is 6.72 Å². The third-order valence-corrected chi connectivity index (χ3v) is 3.22. The number of likely N-dealkylation sites (N-methyl/N-ethyl adjacent to an activating group) is 1. The van der Waals surface area contributed by atoms with Crippen LogP contribution in [0.5, 0.6) is 0 Å². The van der Waals surface area contributed by atoms with Gasteiger partial charge < -0.3 is 30.7 Å². The molecule has 1 aromatic heterocycles. The number of nitrogen functional groups attached to an aromatic ring is 1. The van der Waals surface area contributed by atoms with Gasteiger partial charge in [-0.1, -0.05) is 0 Å². The first kappa shape index (κ1) is 14.6. The molecule has 0 amide bonds. The predicted octanol–water partition coefficient (Wildman–Crippen LogP) is -1.73. The van der Waals surface area contributed by atoms with Gasteiger partial charge in [-0.2, -0.15) is 0 Å². The van der Waals surface area contributed by atoms with Gasteiger partial charge in [0.05, 0.1) is 6.61 Å². The number of anilines is 2. The number of nitrogens with zero attached hydrogens (tertiary/aromatic N) is 4. The van der Waals surface area contributed by atoms with Crippen molar-refractivity contribution in [3.63, 3.8) is 0 Å². The van der Waals surface area contributed by atoms with Crippen LogP contribution in [0.3, 0.4) is 0 Å². The van der Waals surface area contributed by atoms with Crippen molar-refractivity contribution in [3.8, 4) is 0 Å². The van der Waals surface area contributed by atoms with Gasteiger partial charge in [0, 0.05) is 7.05 Å². The summed E-state index contributed by atoms with van der Waals surface area (Å²) in [6.45, 7) is 3.00. The Morgan fingerprint density at radius 2 is 2.15 bits per heavy atom. The smallest absolute Gasteiger partial charge is 0.162 e. The monoisotopic (exact) mass is 283 g/mol. The first-order valence-electron chi connectivity index (χ1n) is 5.93. The zero-order valence-electron chi connectivity index (χ0n) is 10.9. The van der Waals surface area contributed by atoms with Crippen LogP contribution in [0.1, 0.15) is 0 Å². The summed E-state index contributed by atoms with van der Waals surface area (Å²) < 4.78 is 5.40. The Bertz CT molecular complexity index is 500. The normalized spacial score (nSPS) is 29.4. The fraction of sp³-hybridized carbons (Fsp3) is 0.545. The second-order valence-corrected chi connectivity index (χ2v) is 4.43. The van der Waals surface area contributed by atoms with E-state index in [2.05, 4.69) is 21.7 Å². The van der Waals surface area contributed by atoms with Crippen molar-refractivity contribution in [1.82, 2.24) is 9.97 Å². The van der Waals surface area contributed by atoms with Crippen LogP contribution in [0.4, 0.5) is 17.3 Å². The van der Waals surface area contributed by atoms with Gasteiger partial charge in [0.1, 0.15) is 30.3 Å². The maximum Gasteiger partial charge on any atom is 0.162 e. The van der Waals surface area contributed by atoms with Crippen LogP contribution in [-0.4, -0.2) is 70.2 Å². The molecule has 9 nitrogen and oxygen atoms in total. The molecular weight excluding hydrogens is 266 g/mol. The third-order valence-electron chi connectivity index (χ3n) is 3.22. The molecule has 2 rings (SSSR count). The average molecular weight is 283 g/mol. The van der Waals surface area contributed by atoms with E-state index in [4.69, 9.17) is 15.6 Å². The fourth-order valence-corrected chi connectivity index (χ4v) is 2.11. The topological polar surface area (TPSA) is 137 Å². The van der Waals surface area contributed by atoms with Crippen molar-refractivity contribution in [3.05, 3.63) is 6.33 Å². The average Bonchev–Trinajstić information content (AvgIpc) is 2.74. The molecule has 1 aromatic rings. The second-order valence-electron chi connectivity index (χ2n) is 4.43. The summed E-state index contributed by atoms with van der Waals surface area (Å²) in [5, 5.41) is 28.8. The number of ether oxygens (including phenoxy) is 1. The predicted molar refractivity (Wildman–Crippen MR) is 71.8 cm³/mol. The van der Waals surface area contributed by atoms with Gasteiger partial charge in [0.15, 0.2) is 17.9 Å². The lowest BCUT2D eigenvalue weighted by Gasteiger charge is -2.28. The Morgan fingerprint density at radius 1 is 1.45 bits per heavy atom. The Hall–Kier alpha value is -1.81. The summed E-state index contributed by atoms with van der Waals surface area (Å²) in [6, 6.07) is 0. The maximum atomic E-state index is 9.97. The Balaban J connectivity index is 2.30. The van der Waals surface area contributed by atoms with Crippen LogP contribution >= 0.6 is 0 Å². The van der Waals surface area contributed by atoms with Crippen molar-refractivity contribution in [1.29, 1.82) is 0 Å². The van der Waals surface area contributed by atoms with Crippen LogP contribution in [0.2, 0.25) is 0 Å². The van der Waals surface area contributed by atoms with Crippen LogP contribution in [0, 0.1) is 0 Å². The molecule has 1 fully saturated rings. The molecule has 0 aromatic carbocycles. The number of rotatable bonds is 4. The first-order valence-corrected chi connectivity index (χ1v) is 5.93. The molecular formula is C11H17N5O4. The number of aliphatic hydroxyl groups is 3. The van der Waals surface area contributed by atoms with E-state index in [0.717, 1.165) is 0 Å². The summed E-state index contributed by atoms with van der Waals surface area (Å²) in [6.07, 6.45) is -2.90. The minimum absolute atomic E-state index is 0.142. The van der Waals surface area contributed by atoms with Crippen molar-refractivity contribution in [2.45, 2.75) is 24.5 Å². The molecule has 5 N–H and O–H groups in total. The minimum Gasteiger partial charge on any atom is -0.394 e. The molecule has 2 unspecified atom stereocenters. The number of aromatic nitrogens is 2. The minimum atomic E-state index is -1.20. The highest BCUT2D eigenvalue weighted by Crippen LogP contribution is 2.33. The summed E-state index contributed by atoms with van der Waals surface area (Å²) in [7, 11) is 1.59. The van der Waals surface area contributed by atoms with Crippen LogP contribution in [-0.2, 0) is 4.74 Å². The molecule has 1 saturated heterocycles. The maximum absolute atomic E-state index is 9.97. The molecule has 1 aliphatic rings. The van der Waals surface area contributed by atoms with Gasteiger partial charge in [-0.15, -0.1) is 0 Å². The van der Waals surface area contributed by atoms with E-state index in [1.54, 1.807) is 7.05 Å². The van der Waals surface area contributed by atoms with Crippen molar-refractivity contribution in [2.24, 2.45) is 4.99 Å². The van der Waals surface area contributed by atoms with E-state index in [0.29, 0.717) is 5.82 Å². The Kier molecular flexibility index (Phi) is 4.14. The van der Waals surface area contributed by atoms with E-state index in [9.17, 15) is 10.2 Å². The SMILES string of the molecule is C=Nc1c(N)ncnc1N(C)[C@@H]1O[C@H](CO)C(O)C1O. The molecule has 0 radical (unpaired) electrons. The van der Waals surface area contributed by atoms with Crippen LogP contribution in [0.15, 0.2) is 11.3 Å². The van der Waals surface area contributed by atoms with Gasteiger partial charge in [-0.25, -0.2) is 9.97 Å².